The van der Waals surface area contributed by atoms with Crippen molar-refractivity contribution in [1.29, 1.82) is 0 Å². The molecule has 6 nitrogen and oxygen atoms in total. The number of unbranched alkanes of at least 4 members (excludes halogenated alkanes) is 2. The molecule has 0 heterocycles. The third-order valence-corrected chi connectivity index (χ3v) is 3.97. The summed E-state index contributed by atoms with van der Waals surface area (Å²) < 4.78 is 33.5. The highest BCUT2D eigenvalue weighted by molar-refractivity contribution is 7.47. The van der Waals surface area contributed by atoms with Crippen LogP contribution in [-0.4, -0.2) is 24.1 Å². The largest absolute Gasteiger partial charge is 0.531 e. The van der Waals surface area contributed by atoms with Gasteiger partial charge >= 0.3 is 7.82 Å². The van der Waals surface area contributed by atoms with Gasteiger partial charge in [0.15, 0.2) is 0 Å². The second-order valence-electron chi connectivity index (χ2n) is 5.23. The maximum Gasteiger partial charge on any atom is 0.531 e. The van der Waals surface area contributed by atoms with Crippen molar-refractivity contribution >= 4 is 7.82 Å². The van der Waals surface area contributed by atoms with Crippen molar-refractivity contribution in [2.75, 3.05) is 13.2 Å². The first-order chi connectivity index (χ1) is 10.9. The van der Waals surface area contributed by atoms with Gasteiger partial charge < -0.3 is 14.0 Å². The number of para-hydroxylation sites is 1. The van der Waals surface area contributed by atoms with E-state index >= 15 is 0 Å². The number of ether oxygens (including phenoxy) is 2. The molecule has 0 saturated carbocycles. The number of hydrogen-bond acceptors (Lipinski definition) is 5. The molecule has 0 aliphatic rings. The average molecular weight is 346 g/mol. The Morgan fingerprint density at radius 2 is 1.57 bits per heavy atom. The highest BCUT2D eigenvalue weighted by atomic mass is 31.2. The maximum atomic E-state index is 12.2. The van der Waals surface area contributed by atoms with Crippen molar-refractivity contribution in [2.45, 2.75) is 52.4 Å². The summed E-state index contributed by atoms with van der Waals surface area (Å²) in [7, 11) is -4.38. The van der Waals surface area contributed by atoms with Gasteiger partial charge in [-0.15, -0.1) is 0 Å². The molecule has 0 saturated heterocycles. The predicted octanol–water partition coefficient (Wildman–Crippen LogP) is 4.49. The summed E-state index contributed by atoms with van der Waals surface area (Å²) in [5, 5.41) is 0. The Morgan fingerprint density at radius 3 is 2.04 bits per heavy atom. The van der Waals surface area contributed by atoms with E-state index in [1.54, 1.807) is 30.3 Å². The molecule has 0 aliphatic carbocycles. The Bertz CT molecular complexity index is 469. The molecule has 7 heteroatoms. The monoisotopic (exact) mass is 346 g/mol. The standard InChI is InChI=1S/C16H27O6P/c1-4-6-13-19-16(3,20-14-7-5-2)22-23(17,18)21-15-11-9-8-10-12-15/h8-12H,4-7,13-14H2,1-3H3,(H,17,18). The van der Waals surface area contributed by atoms with Crippen molar-refractivity contribution in [2.24, 2.45) is 0 Å². The van der Waals surface area contributed by atoms with E-state index in [4.69, 9.17) is 18.5 Å². The van der Waals surface area contributed by atoms with E-state index in [0.717, 1.165) is 25.7 Å². The lowest BCUT2D eigenvalue weighted by Crippen LogP contribution is -2.36. The Kier molecular flexibility index (Phi) is 8.81. The Morgan fingerprint density at radius 1 is 1.04 bits per heavy atom. The van der Waals surface area contributed by atoms with Gasteiger partial charge in [0.25, 0.3) is 5.97 Å². The molecule has 1 rings (SSSR count). The van der Waals surface area contributed by atoms with Gasteiger partial charge in [-0.25, -0.2) is 9.09 Å². The summed E-state index contributed by atoms with van der Waals surface area (Å²) in [4.78, 5) is 9.97. The molecule has 132 valence electrons. The molecule has 1 unspecified atom stereocenters. The van der Waals surface area contributed by atoms with Crippen molar-refractivity contribution in [1.82, 2.24) is 0 Å². The van der Waals surface area contributed by atoms with Crippen LogP contribution in [0.5, 0.6) is 5.75 Å². The minimum Gasteiger partial charge on any atom is -0.404 e. The topological polar surface area (TPSA) is 74.2 Å². The van der Waals surface area contributed by atoms with Gasteiger partial charge in [-0.05, 0) is 25.0 Å². The van der Waals surface area contributed by atoms with Crippen LogP contribution in [0.25, 0.3) is 0 Å². The van der Waals surface area contributed by atoms with Gasteiger partial charge in [0.2, 0.25) is 0 Å². The molecule has 0 bridgehead atoms. The second kappa shape index (κ2) is 10.1. The third-order valence-electron chi connectivity index (χ3n) is 2.97. The molecule has 0 radical (unpaired) electrons. The lowest BCUT2D eigenvalue weighted by molar-refractivity contribution is -0.337. The van der Waals surface area contributed by atoms with Crippen LogP contribution in [0.3, 0.4) is 0 Å². The molecule has 0 fully saturated rings. The number of rotatable bonds is 12. The molecule has 1 aromatic carbocycles. The summed E-state index contributed by atoms with van der Waals surface area (Å²) >= 11 is 0. The first kappa shape index (κ1) is 20.1. The number of benzene rings is 1. The van der Waals surface area contributed by atoms with Crippen LogP contribution in [0, 0.1) is 0 Å². The third kappa shape index (κ3) is 8.49. The number of phosphoric ester groups is 1. The summed E-state index contributed by atoms with van der Waals surface area (Å²) in [6.45, 7) is 6.26. The van der Waals surface area contributed by atoms with Crippen LogP contribution in [-0.2, 0) is 18.6 Å². The fraction of sp³-hybridized carbons (Fsp3) is 0.625. The summed E-state index contributed by atoms with van der Waals surface area (Å²) in [5.74, 6) is -1.38. The minimum atomic E-state index is -4.38. The van der Waals surface area contributed by atoms with E-state index in [0.29, 0.717) is 13.2 Å². The van der Waals surface area contributed by atoms with Crippen LogP contribution in [0.4, 0.5) is 0 Å². The predicted molar refractivity (Wildman–Crippen MR) is 88.1 cm³/mol. The van der Waals surface area contributed by atoms with Crippen molar-refractivity contribution in [3.8, 4) is 5.75 Å². The zero-order valence-corrected chi connectivity index (χ0v) is 15.0. The molecule has 0 spiro atoms. The van der Waals surface area contributed by atoms with Gasteiger partial charge in [-0.1, -0.05) is 44.9 Å². The molecule has 1 N–H and O–H groups in total. The van der Waals surface area contributed by atoms with E-state index in [9.17, 15) is 9.46 Å². The minimum absolute atomic E-state index is 0.239. The summed E-state index contributed by atoms with van der Waals surface area (Å²) in [5.41, 5.74) is 0. The molecule has 0 amide bonds. The van der Waals surface area contributed by atoms with Gasteiger partial charge in [-0.2, -0.15) is 0 Å². The van der Waals surface area contributed by atoms with E-state index in [1.165, 1.54) is 6.92 Å². The Hall–Kier alpha value is -0.910. The second-order valence-corrected chi connectivity index (χ2v) is 6.53. The maximum absolute atomic E-state index is 12.2. The van der Waals surface area contributed by atoms with E-state index in [1.807, 2.05) is 13.8 Å². The fourth-order valence-electron chi connectivity index (χ4n) is 1.74. The molecular weight excluding hydrogens is 319 g/mol. The van der Waals surface area contributed by atoms with Gasteiger partial charge in [0.05, 0.1) is 13.2 Å². The van der Waals surface area contributed by atoms with Crippen molar-refractivity contribution < 1.29 is 28.0 Å². The quantitative estimate of drug-likeness (QED) is 0.341. The zero-order valence-electron chi connectivity index (χ0n) is 14.1. The van der Waals surface area contributed by atoms with E-state index in [2.05, 4.69) is 0 Å². The van der Waals surface area contributed by atoms with Crippen LogP contribution >= 0.6 is 7.82 Å². The SMILES string of the molecule is CCCCOC(C)(OCCCC)OP(=O)(O)Oc1ccccc1. The number of hydrogen-bond donors (Lipinski definition) is 1. The molecule has 23 heavy (non-hydrogen) atoms. The van der Waals surface area contributed by atoms with Crippen LogP contribution in [0.15, 0.2) is 30.3 Å². The van der Waals surface area contributed by atoms with Gasteiger partial charge in [-0.3, -0.25) is 4.89 Å². The first-order valence-corrected chi connectivity index (χ1v) is 9.46. The number of phosphoric acid groups is 1. The van der Waals surface area contributed by atoms with Gasteiger partial charge in [0, 0.05) is 6.92 Å². The Labute approximate surface area is 138 Å². The van der Waals surface area contributed by atoms with Crippen molar-refractivity contribution in [3.05, 3.63) is 30.3 Å². The smallest absolute Gasteiger partial charge is 0.404 e. The van der Waals surface area contributed by atoms with Crippen LogP contribution < -0.4 is 4.52 Å². The van der Waals surface area contributed by atoms with Crippen LogP contribution in [0.2, 0.25) is 0 Å². The first-order valence-electron chi connectivity index (χ1n) is 7.97. The molecular formula is C16H27O6P. The summed E-state index contributed by atoms with van der Waals surface area (Å²) in [6, 6.07) is 8.31. The van der Waals surface area contributed by atoms with Crippen molar-refractivity contribution in [3.63, 3.8) is 0 Å². The average Bonchev–Trinajstić information content (AvgIpc) is 2.47. The molecule has 1 atom stereocenters. The van der Waals surface area contributed by atoms with Crippen LogP contribution in [0.1, 0.15) is 46.5 Å². The Balaban J connectivity index is 2.70. The van der Waals surface area contributed by atoms with E-state index in [-0.39, 0.29) is 5.75 Å². The highest BCUT2D eigenvalue weighted by Gasteiger charge is 2.39. The van der Waals surface area contributed by atoms with Gasteiger partial charge in [0.1, 0.15) is 5.75 Å². The normalized spacial score (nSPS) is 14.4. The highest BCUT2D eigenvalue weighted by Crippen LogP contribution is 2.48. The lowest BCUT2D eigenvalue weighted by Gasteiger charge is -2.30. The zero-order chi connectivity index (χ0) is 17.2. The molecule has 1 aromatic rings. The summed E-state index contributed by atoms with van der Waals surface area (Å²) in [6.07, 6.45) is 3.46. The fourth-order valence-corrected chi connectivity index (χ4v) is 2.69. The lowest BCUT2D eigenvalue weighted by atomic mass is 10.3. The van der Waals surface area contributed by atoms with E-state index < -0.39 is 13.8 Å². The molecule has 0 aliphatic heterocycles. The molecule has 0 aromatic heterocycles.